The van der Waals surface area contributed by atoms with Crippen molar-refractivity contribution in [1.29, 1.82) is 0 Å². The SMILES string of the molecule is C=Cc1ccc(OCOP(=O)(OC(C)(C)C)OC(C)(C)C)c(C(O[SiH](C)C)C(C)(C)C)c1. The van der Waals surface area contributed by atoms with E-state index in [4.69, 9.17) is 22.7 Å². The zero-order valence-corrected chi connectivity index (χ0v) is 23.8. The summed E-state index contributed by atoms with van der Waals surface area (Å²) in [5.74, 6) is 0.600. The molecule has 0 aliphatic rings. The Balaban J connectivity index is 3.20. The van der Waals surface area contributed by atoms with Crippen LogP contribution in [0.15, 0.2) is 24.8 Å². The van der Waals surface area contributed by atoms with E-state index >= 15 is 0 Å². The van der Waals surface area contributed by atoms with E-state index in [1.807, 2.05) is 18.2 Å². The van der Waals surface area contributed by atoms with Crippen LogP contribution in [0, 0.1) is 5.41 Å². The third-order valence-electron chi connectivity index (χ3n) is 3.94. The largest absolute Gasteiger partial charge is 0.478 e. The smallest absolute Gasteiger partial charge is 0.467 e. The van der Waals surface area contributed by atoms with Crippen LogP contribution in [0.2, 0.25) is 13.1 Å². The molecule has 0 saturated carbocycles. The summed E-state index contributed by atoms with van der Waals surface area (Å²) in [6.45, 7) is 25.1. The fourth-order valence-electron chi connectivity index (χ4n) is 2.94. The Morgan fingerprint density at radius 1 is 1.00 bits per heavy atom. The minimum absolute atomic E-state index is 0.157. The van der Waals surface area contributed by atoms with Gasteiger partial charge in [-0.15, -0.1) is 0 Å². The topological polar surface area (TPSA) is 63.2 Å². The maximum atomic E-state index is 13.3. The van der Waals surface area contributed by atoms with Gasteiger partial charge in [0.25, 0.3) is 0 Å². The van der Waals surface area contributed by atoms with E-state index in [2.05, 4.69) is 40.4 Å². The van der Waals surface area contributed by atoms with Gasteiger partial charge in [-0.2, -0.15) is 0 Å². The molecule has 0 fully saturated rings. The van der Waals surface area contributed by atoms with Crippen molar-refractivity contribution in [2.24, 2.45) is 5.41 Å². The molecule has 32 heavy (non-hydrogen) atoms. The van der Waals surface area contributed by atoms with E-state index in [1.54, 1.807) is 47.6 Å². The molecule has 0 spiro atoms. The van der Waals surface area contributed by atoms with Crippen molar-refractivity contribution in [1.82, 2.24) is 0 Å². The highest BCUT2D eigenvalue weighted by Crippen LogP contribution is 2.55. The summed E-state index contributed by atoms with van der Waals surface area (Å²) in [7, 11) is -5.22. The maximum Gasteiger partial charge on any atom is 0.478 e. The van der Waals surface area contributed by atoms with Crippen LogP contribution in [0.1, 0.15) is 79.5 Å². The average Bonchev–Trinajstić information content (AvgIpc) is 2.55. The lowest BCUT2D eigenvalue weighted by molar-refractivity contribution is -0.0197. The zero-order chi connectivity index (χ0) is 25.0. The highest BCUT2D eigenvalue weighted by atomic mass is 31.2. The molecule has 1 atom stereocenters. The van der Waals surface area contributed by atoms with Crippen LogP contribution in [0.4, 0.5) is 0 Å². The maximum absolute atomic E-state index is 13.3. The lowest BCUT2D eigenvalue weighted by atomic mass is 9.84. The van der Waals surface area contributed by atoms with Crippen LogP contribution in [0.5, 0.6) is 5.75 Å². The van der Waals surface area contributed by atoms with Gasteiger partial charge in [0.15, 0.2) is 15.8 Å². The van der Waals surface area contributed by atoms with Gasteiger partial charge in [0.2, 0.25) is 0 Å². The van der Waals surface area contributed by atoms with Crippen molar-refractivity contribution in [3.05, 3.63) is 35.9 Å². The molecule has 1 aromatic carbocycles. The molecular weight excluding hydrogens is 443 g/mol. The monoisotopic (exact) mass is 486 g/mol. The number of hydrogen-bond donors (Lipinski definition) is 0. The Bertz CT molecular complexity index is 782. The summed E-state index contributed by atoms with van der Waals surface area (Å²) < 4.78 is 42.5. The van der Waals surface area contributed by atoms with E-state index in [9.17, 15) is 4.57 Å². The van der Waals surface area contributed by atoms with Crippen LogP contribution >= 0.6 is 7.82 Å². The minimum Gasteiger partial charge on any atom is -0.467 e. The van der Waals surface area contributed by atoms with Crippen molar-refractivity contribution in [2.75, 3.05) is 6.79 Å². The zero-order valence-electron chi connectivity index (χ0n) is 21.8. The first kappa shape index (κ1) is 29.1. The van der Waals surface area contributed by atoms with Gasteiger partial charge in [0, 0.05) is 5.56 Å². The van der Waals surface area contributed by atoms with Gasteiger partial charge >= 0.3 is 7.82 Å². The first-order valence-electron chi connectivity index (χ1n) is 11.1. The molecule has 0 bridgehead atoms. The lowest BCUT2D eigenvalue weighted by Crippen LogP contribution is -2.27. The Morgan fingerprint density at radius 3 is 1.94 bits per heavy atom. The quantitative estimate of drug-likeness (QED) is 0.194. The molecule has 0 amide bonds. The molecule has 0 saturated heterocycles. The first-order chi connectivity index (χ1) is 14.4. The number of phosphoric ester groups is 1. The molecule has 8 heteroatoms. The fourth-order valence-corrected chi connectivity index (χ4v) is 5.71. The third-order valence-corrected chi connectivity index (χ3v) is 6.72. The minimum atomic E-state index is -3.87. The van der Waals surface area contributed by atoms with Crippen LogP contribution < -0.4 is 4.74 Å². The molecule has 0 heterocycles. The van der Waals surface area contributed by atoms with Gasteiger partial charge in [0.1, 0.15) is 5.75 Å². The second-order valence-electron chi connectivity index (χ2n) is 11.2. The summed E-state index contributed by atoms with van der Waals surface area (Å²) >= 11 is 0. The van der Waals surface area contributed by atoms with Gasteiger partial charge in [-0.1, -0.05) is 39.5 Å². The van der Waals surface area contributed by atoms with Crippen molar-refractivity contribution in [2.45, 2.75) is 92.7 Å². The van der Waals surface area contributed by atoms with Crippen LogP contribution in [-0.2, 0) is 22.6 Å². The summed E-state index contributed by atoms with van der Waals surface area (Å²) in [6, 6.07) is 5.79. The van der Waals surface area contributed by atoms with Crippen molar-refractivity contribution >= 4 is 22.9 Å². The van der Waals surface area contributed by atoms with Crippen molar-refractivity contribution in [3.63, 3.8) is 0 Å². The van der Waals surface area contributed by atoms with Crippen molar-refractivity contribution < 1.29 is 27.3 Å². The Kier molecular flexibility index (Phi) is 9.98. The standard InChI is InChI=1S/C24H43O6PSi/c1-13-18-14-15-20(19(16-18)21(22(2,3)4)28-32(11)12)26-17-27-31(25,29-23(5,6)7)30-24(8,9)10/h13-16,21,32H,1,17H2,2-12H3. The molecule has 1 unspecified atom stereocenters. The third kappa shape index (κ3) is 10.3. The van der Waals surface area contributed by atoms with E-state index in [-0.39, 0.29) is 18.3 Å². The Labute approximate surface area is 197 Å². The number of hydrogen-bond acceptors (Lipinski definition) is 6. The van der Waals surface area contributed by atoms with Gasteiger partial charge in [-0.25, -0.2) is 9.09 Å². The summed E-state index contributed by atoms with van der Waals surface area (Å²) in [6.07, 6.45) is 1.62. The second kappa shape index (κ2) is 11.0. The summed E-state index contributed by atoms with van der Waals surface area (Å²) in [5, 5.41) is 0. The number of ether oxygens (including phenoxy) is 1. The molecule has 1 aromatic rings. The predicted molar refractivity (Wildman–Crippen MR) is 135 cm³/mol. The van der Waals surface area contributed by atoms with Gasteiger partial charge in [-0.05, 0) is 77.7 Å². The fraction of sp³-hybridized carbons (Fsp3) is 0.667. The molecule has 0 radical (unpaired) electrons. The van der Waals surface area contributed by atoms with Crippen molar-refractivity contribution in [3.8, 4) is 5.75 Å². The molecule has 0 aromatic heterocycles. The van der Waals surface area contributed by atoms with E-state index < -0.39 is 28.1 Å². The molecule has 0 aliphatic carbocycles. The van der Waals surface area contributed by atoms with E-state index in [1.165, 1.54) is 0 Å². The second-order valence-corrected chi connectivity index (χ2v) is 15.1. The lowest BCUT2D eigenvalue weighted by Gasteiger charge is -2.34. The number of phosphoric acid groups is 1. The highest BCUT2D eigenvalue weighted by molar-refractivity contribution is 7.48. The first-order valence-corrected chi connectivity index (χ1v) is 15.3. The molecular formula is C24H43O6PSi. The summed E-state index contributed by atoms with van der Waals surface area (Å²) in [5.41, 5.74) is 0.281. The molecule has 0 N–H and O–H groups in total. The Morgan fingerprint density at radius 2 is 1.53 bits per heavy atom. The van der Waals surface area contributed by atoms with Crippen LogP contribution in [-0.4, -0.2) is 27.0 Å². The number of benzene rings is 1. The Hall–Kier alpha value is -0.953. The van der Waals surface area contributed by atoms with Crippen LogP contribution in [0.25, 0.3) is 6.08 Å². The predicted octanol–water partition coefficient (Wildman–Crippen LogP) is 7.51. The molecule has 0 aliphatic heterocycles. The van der Waals surface area contributed by atoms with E-state index in [0.717, 1.165) is 11.1 Å². The normalized spacial score (nSPS) is 14.5. The average molecular weight is 487 g/mol. The summed E-state index contributed by atoms with van der Waals surface area (Å²) in [4.78, 5) is 0. The van der Waals surface area contributed by atoms with E-state index in [0.29, 0.717) is 5.75 Å². The molecule has 184 valence electrons. The molecule has 1 rings (SSSR count). The number of rotatable bonds is 10. The van der Waals surface area contributed by atoms with Gasteiger partial charge < -0.3 is 9.16 Å². The highest BCUT2D eigenvalue weighted by Gasteiger charge is 2.38. The molecule has 6 nitrogen and oxygen atoms in total. The van der Waals surface area contributed by atoms with Gasteiger partial charge in [-0.3, -0.25) is 9.05 Å². The van der Waals surface area contributed by atoms with Crippen LogP contribution in [0.3, 0.4) is 0 Å². The van der Waals surface area contributed by atoms with Gasteiger partial charge in [0.05, 0.1) is 17.3 Å².